The van der Waals surface area contributed by atoms with E-state index in [-0.39, 0.29) is 17.3 Å². The Bertz CT molecular complexity index is 552. The molecule has 2 rings (SSSR count). The maximum atomic E-state index is 12.9. The summed E-state index contributed by atoms with van der Waals surface area (Å²) in [5.41, 5.74) is 0.0481. The van der Waals surface area contributed by atoms with E-state index in [0.717, 1.165) is 11.6 Å². The molecule has 0 heterocycles. The maximum absolute atomic E-state index is 12.9. The van der Waals surface area contributed by atoms with Crippen molar-refractivity contribution < 1.29 is 13.2 Å². The van der Waals surface area contributed by atoms with Gasteiger partial charge in [0.2, 0.25) is 0 Å². The Morgan fingerprint density at radius 2 is 1.63 bits per heavy atom. The van der Waals surface area contributed by atoms with Crippen molar-refractivity contribution in [1.82, 2.24) is 0 Å². The number of para-hydroxylation sites is 1. The van der Waals surface area contributed by atoms with Gasteiger partial charge in [0.1, 0.15) is 0 Å². The zero-order chi connectivity index (χ0) is 13.9. The van der Waals surface area contributed by atoms with Crippen molar-refractivity contribution in [3.63, 3.8) is 0 Å². The van der Waals surface area contributed by atoms with E-state index in [1.54, 1.807) is 0 Å². The summed E-state index contributed by atoms with van der Waals surface area (Å²) >= 11 is 5.84. The molecule has 100 valence electrons. The Labute approximate surface area is 114 Å². The molecule has 1 nitrogen and oxygen atoms in total. The predicted octanol–water partition coefficient (Wildman–Crippen LogP) is 4.97. The average molecular weight is 286 g/mol. The van der Waals surface area contributed by atoms with Crippen LogP contribution in [0, 0.1) is 0 Å². The van der Waals surface area contributed by atoms with Gasteiger partial charge in [0, 0.05) is 6.54 Å². The molecule has 0 fully saturated rings. The van der Waals surface area contributed by atoms with Crippen molar-refractivity contribution in [2.75, 3.05) is 5.32 Å². The minimum atomic E-state index is -4.43. The van der Waals surface area contributed by atoms with Gasteiger partial charge in [-0.15, -0.1) is 0 Å². The zero-order valence-electron chi connectivity index (χ0n) is 9.84. The van der Waals surface area contributed by atoms with Crippen LogP contribution >= 0.6 is 11.6 Å². The minimum absolute atomic E-state index is 0.0609. The lowest BCUT2D eigenvalue weighted by atomic mass is 10.1. The van der Waals surface area contributed by atoms with Crippen LogP contribution in [0.25, 0.3) is 0 Å². The third kappa shape index (κ3) is 3.41. The van der Waals surface area contributed by atoms with Gasteiger partial charge < -0.3 is 5.32 Å². The van der Waals surface area contributed by atoms with E-state index in [1.165, 1.54) is 12.1 Å². The molecular formula is C14H11ClF3N. The molecule has 0 aromatic heterocycles. The molecule has 19 heavy (non-hydrogen) atoms. The fourth-order valence-corrected chi connectivity index (χ4v) is 1.97. The number of nitrogens with one attached hydrogen (secondary N) is 1. The smallest absolute Gasteiger partial charge is 0.379 e. The van der Waals surface area contributed by atoms with E-state index in [1.807, 2.05) is 30.3 Å². The van der Waals surface area contributed by atoms with Crippen LogP contribution in [-0.4, -0.2) is 0 Å². The van der Waals surface area contributed by atoms with Gasteiger partial charge in [-0.2, -0.15) is 13.2 Å². The summed E-state index contributed by atoms with van der Waals surface area (Å²) in [6.45, 7) is 0.285. The van der Waals surface area contributed by atoms with Crippen LogP contribution in [0.1, 0.15) is 11.1 Å². The van der Waals surface area contributed by atoms with E-state index in [2.05, 4.69) is 5.32 Å². The number of hydrogen-bond acceptors (Lipinski definition) is 1. The summed E-state index contributed by atoms with van der Waals surface area (Å²) < 4.78 is 38.6. The van der Waals surface area contributed by atoms with Gasteiger partial charge >= 0.3 is 6.18 Å². The molecule has 2 aromatic rings. The molecule has 0 saturated heterocycles. The number of benzene rings is 2. The molecule has 5 heteroatoms. The van der Waals surface area contributed by atoms with Crippen LogP contribution in [-0.2, 0) is 12.7 Å². The van der Waals surface area contributed by atoms with Crippen LogP contribution in [0.15, 0.2) is 48.5 Å². The van der Waals surface area contributed by atoms with Gasteiger partial charge in [-0.25, -0.2) is 0 Å². The summed E-state index contributed by atoms with van der Waals surface area (Å²) in [6.07, 6.45) is -4.43. The summed E-state index contributed by atoms with van der Waals surface area (Å²) in [4.78, 5) is 0. The van der Waals surface area contributed by atoms with Crippen molar-refractivity contribution in [3.8, 4) is 0 Å². The van der Waals surface area contributed by atoms with E-state index < -0.39 is 11.7 Å². The highest BCUT2D eigenvalue weighted by Gasteiger charge is 2.34. The van der Waals surface area contributed by atoms with E-state index in [9.17, 15) is 13.2 Å². The second kappa shape index (κ2) is 5.53. The van der Waals surface area contributed by atoms with Gasteiger partial charge in [0.05, 0.1) is 16.3 Å². The van der Waals surface area contributed by atoms with Crippen LogP contribution in [0.3, 0.4) is 0 Å². The highest BCUT2D eigenvalue weighted by atomic mass is 35.5. The molecule has 0 aliphatic rings. The van der Waals surface area contributed by atoms with E-state index in [4.69, 9.17) is 11.6 Å². The van der Waals surface area contributed by atoms with E-state index >= 15 is 0 Å². The highest BCUT2D eigenvalue weighted by molar-refractivity contribution is 6.33. The third-order valence-electron chi connectivity index (χ3n) is 2.63. The largest absolute Gasteiger partial charge is 0.418 e. The Hall–Kier alpha value is -1.68. The molecule has 0 spiro atoms. The number of alkyl halides is 3. The Morgan fingerprint density at radius 3 is 2.26 bits per heavy atom. The minimum Gasteiger partial charge on any atom is -0.379 e. The molecule has 0 atom stereocenters. The molecule has 0 unspecified atom stereocenters. The number of halogens is 4. The molecule has 0 radical (unpaired) electrons. The van der Waals surface area contributed by atoms with Crippen LogP contribution in [0.4, 0.5) is 18.9 Å². The van der Waals surface area contributed by atoms with Gasteiger partial charge in [0.15, 0.2) is 0 Å². The normalized spacial score (nSPS) is 11.4. The predicted molar refractivity (Wildman–Crippen MR) is 70.2 cm³/mol. The first kappa shape index (κ1) is 13.7. The maximum Gasteiger partial charge on any atom is 0.418 e. The third-order valence-corrected chi connectivity index (χ3v) is 2.95. The van der Waals surface area contributed by atoms with Crippen LogP contribution in [0.5, 0.6) is 0 Å². The molecule has 0 aliphatic heterocycles. The summed E-state index contributed by atoms with van der Waals surface area (Å²) in [6, 6.07) is 12.9. The lowest BCUT2D eigenvalue weighted by Crippen LogP contribution is -2.11. The van der Waals surface area contributed by atoms with Crippen molar-refractivity contribution in [2.45, 2.75) is 12.7 Å². The molecule has 1 N–H and O–H groups in total. The summed E-state index contributed by atoms with van der Waals surface area (Å²) in [5.74, 6) is 0. The van der Waals surface area contributed by atoms with Crippen LogP contribution < -0.4 is 5.32 Å². The second-order valence-corrected chi connectivity index (χ2v) is 4.41. The number of anilines is 1. The van der Waals surface area contributed by atoms with Gasteiger partial charge in [-0.05, 0) is 17.7 Å². The van der Waals surface area contributed by atoms with Crippen molar-refractivity contribution in [2.24, 2.45) is 0 Å². The van der Waals surface area contributed by atoms with Crippen molar-refractivity contribution >= 4 is 17.3 Å². The molecule has 2 aromatic carbocycles. The molecule has 0 amide bonds. The summed E-state index contributed by atoms with van der Waals surface area (Å²) in [7, 11) is 0. The van der Waals surface area contributed by atoms with Crippen molar-refractivity contribution in [1.29, 1.82) is 0 Å². The Morgan fingerprint density at radius 1 is 0.947 bits per heavy atom. The average Bonchev–Trinajstić information content (AvgIpc) is 2.37. The fourth-order valence-electron chi connectivity index (χ4n) is 1.73. The molecule has 0 saturated carbocycles. The zero-order valence-corrected chi connectivity index (χ0v) is 10.6. The molecule has 0 bridgehead atoms. The topological polar surface area (TPSA) is 12.0 Å². The first-order chi connectivity index (χ1) is 8.98. The van der Waals surface area contributed by atoms with Gasteiger partial charge in [-0.3, -0.25) is 0 Å². The standard InChI is InChI=1S/C14H11ClF3N/c15-12-8-4-7-11(14(16,17)18)13(12)19-9-10-5-2-1-3-6-10/h1-8,19H,9H2. The first-order valence-corrected chi connectivity index (χ1v) is 6.00. The SMILES string of the molecule is FC(F)(F)c1cccc(Cl)c1NCc1ccccc1. The second-order valence-electron chi connectivity index (χ2n) is 4.00. The number of rotatable bonds is 3. The monoisotopic (exact) mass is 285 g/mol. The summed E-state index contributed by atoms with van der Waals surface area (Å²) in [5, 5.41) is 2.81. The van der Waals surface area contributed by atoms with Crippen LogP contribution in [0.2, 0.25) is 5.02 Å². The van der Waals surface area contributed by atoms with Gasteiger partial charge in [-0.1, -0.05) is 48.0 Å². The van der Waals surface area contributed by atoms with E-state index in [0.29, 0.717) is 0 Å². The molecular weight excluding hydrogens is 275 g/mol. The fraction of sp³-hybridized carbons (Fsp3) is 0.143. The lowest BCUT2D eigenvalue weighted by molar-refractivity contribution is -0.136. The lowest BCUT2D eigenvalue weighted by Gasteiger charge is -2.16. The highest BCUT2D eigenvalue weighted by Crippen LogP contribution is 2.38. The molecule has 0 aliphatic carbocycles. The van der Waals surface area contributed by atoms with Crippen molar-refractivity contribution in [3.05, 3.63) is 64.7 Å². The Kier molecular flexibility index (Phi) is 4.00. The van der Waals surface area contributed by atoms with Gasteiger partial charge in [0.25, 0.3) is 0 Å². The first-order valence-electron chi connectivity index (χ1n) is 5.62. The Balaban J connectivity index is 2.25. The quantitative estimate of drug-likeness (QED) is 0.839. The number of hydrogen-bond donors (Lipinski definition) is 1.